The average Bonchev–Trinajstić information content (AvgIpc) is 2.34. The van der Waals surface area contributed by atoms with E-state index in [-0.39, 0.29) is 12.6 Å². The molecule has 0 aliphatic carbocycles. The van der Waals surface area contributed by atoms with E-state index in [1.807, 2.05) is 13.8 Å². The molecule has 0 amide bonds. The molecule has 0 aliphatic heterocycles. The minimum atomic E-state index is -0.918. The second kappa shape index (κ2) is 5.85. The third-order valence-corrected chi connectivity index (χ3v) is 2.66. The van der Waals surface area contributed by atoms with E-state index < -0.39 is 5.97 Å². The van der Waals surface area contributed by atoms with Crippen molar-refractivity contribution in [3.8, 4) is 6.07 Å². The van der Waals surface area contributed by atoms with Crippen LogP contribution in [0.3, 0.4) is 0 Å². The van der Waals surface area contributed by atoms with E-state index in [0.717, 1.165) is 6.42 Å². The Kier molecular flexibility index (Phi) is 4.46. The topological polar surface area (TPSA) is 77.2 Å². The Labute approximate surface area is 100 Å². The van der Waals surface area contributed by atoms with Crippen molar-refractivity contribution in [3.63, 3.8) is 0 Å². The maximum Gasteiger partial charge on any atom is 0.323 e. The van der Waals surface area contributed by atoms with Crippen molar-refractivity contribution in [2.45, 2.75) is 26.3 Å². The first kappa shape index (κ1) is 13.0. The third-order valence-electron chi connectivity index (χ3n) is 2.66. The lowest BCUT2D eigenvalue weighted by atomic mass is 10.1. The molecular weight excluding hydrogens is 218 g/mol. The van der Waals surface area contributed by atoms with Gasteiger partial charge in [0.05, 0.1) is 17.4 Å². The van der Waals surface area contributed by atoms with Crippen LogP contribution < -0.4 is 4.90 Å². The number of aliphatic carboxylic acids is 1. The van der Waals surface area contributed by atoms with Gasteiger partial charge in [-0.15, -0.1) is 0 Å². The Morgan fingerprint density at radius 3 is 2.94 bits per heavy atom. The Hall–Kier alpha value is -2.09. The zero-order chi connectivity index (χ0) is 12.8. The summed E-state index contributed by atoms with van der Waals surface area (Å²) in [6.45, 7) is 3.77. The van der Waals surface area contributed by atoms with E-state index in [2.05, 4.69) is 11.1 Å². The maximum absolute atomic E-state index is 10.9. The Balaban J connectivity index is 3.12. The van der Waals surface area contributed by atoms with E-state index in [1.54, 1.807) is 11.0 Å². The summed E-state index contributed by atoms with van der Waals surface area (Å²) in [5, 5.41) is 17.9. The molecule has 5 nitrogen and oxygen atoms in total. The van der Waals surface area contributed by atoms with Crippen LogP contribution in [0.25, 0.3) is 0 Å². The molecule has 1 atom stereocenters. The van der Waals surface area contributed by atoms with Gasteiger partial charge in [-0.25, -0.2) is 0 Å². The molecule has 0 bridgehead atoms. The predicted molar refractivity (Wildman–Crippen MR) is 63.7 cm³/mol. The maximum atomic E-state index is 10.9. The van der Waals surface area contributed by atoms with Crippen LogP contribution in [0.1, 0.15) is 25.8 Å². The summed E-state index contributed by atoms with van der Waals surface area (Å²) >= 11 is 0. The molecule has 1 aromatic heterocycles. The SMILES string of the molecule is CCC(C)N(CC(=O)O)c1cnccc1C#N. The van der Waals surface area contributed by atoms with Crippen molar-refractivity contribution < 1.29 is 9.90 Å². The first-order valence-electron chi connectivity index (χ1n) is 5.42. The second-order valence-electron chi connectivity index (χ2n) is 3.78. The van der Waals surface area contributed by atoms with E-state index in [0.29, 0.717) is 11.3 Å². The van der Waals surface area contributed by atoms with Crippen molar-refractivity contribution in [3.05, 3.63) is 24.0 Å². The number of hydrogen-bond donors (Lipinski definition) is 1. The molecule has 17 heavy (non-hydrogen) atoms. The molecule has 1 N–H and O–H groups in total. The minimum Gasteiger partial charge on any atom is -0.480 e. The molecule has 1 unspecified atom stereocenters. The minimum absolute atomic E-state index is 0.0439. The molecule has 1 rings (SSSR count). The molecule has 0 spiro atoms. The largest absolute Gasteiger partial charge is 0.480 e. The molecule has 0 saturated carbocycles. The lowest BCUT2D eigenvalue weighted by molar-refractivity contribution is -0.135. The van der Waals surface area contributed by atoms with Gasteiger partial charge < -0.3 is 10.0 Å². The highest BCUT2D eigenvalue weighted by Gasteiger charge is 2.19. The second-order valence-corrected chi connectivity index (χ2v) is 3.78. The van der Waals surface area contributed by atoms with Gasteiger partial charge in [-0.2, -0.15) is 5.26 Å². The smallest absolute Gasteiger partial charge is 0.323 e. The third kappa shape index (κ3) is 3.18. The van der Waals surface area contributed by atoms with Gasteiger partial charge in [-0.1, -0.05) is 6.92 Å². The summed E-state index contributed by atoms with van der Waals surface area (Å²) in [4.78, 5) is 16.5. The van der Waals surface area contributed by atoms with Gasteiger partial charge in [0.15, 0.2) is 0 Å². The highest BCUT2D eigenvalue weighted by molar-refractivity contribution is 5.75. The van der Waals surface area contributed by atoms with Gasteiger partial charge in [0.2, 0.25) is 0 Å². The highest BCUT2D eigenvalue weighted by atomic mass is 16.4. The summed E-state index contributed by atoms with van der Waals surface area (Å²) in [5.74, 6) is -0.918. The highest BCUT2D eigenvalue weighted by Crippen LogP contribution is 2.21. The summed E-state index contributed by atoms with van der Waals surface area (Å²) < 4.78 is 0. The van der Waals surface area contributed by atoms with Crippen LogP contribution in [0, 0.1) is 11.3 Å². The van der Waals surface area contributed by atoms with Crippen molar-refractivity contribution in [1.82, 2.24) is 4.98 Å². The van der Waals surface area contributed by atoms with Crippen LogP contribution in [0.2, 0.25) is 0 Å². The normalized spacial score (nSPS) is 11.6. The van der Waals surface area contributed by atoms with Crippen molar-refractivity contribution in [2.24, 2.45) is 0 Å². The van der Waals surface area contributed by atoms with Crippen molar-refractivity contribution >= 4 is 11.7 Å². The summed E-state index contributed by atoms with van der Waals surface area (Å²) in [7, 11) is 0. The van der Waals surface area contributed by atoms with Gasteiger partial charge in [0, 0.05) is 12.2 Å². The van der Waals surface area contributed by atoms with Gasteiger partial charge in [0.25, 0.3) is 0 Å². The predicted octanol–water partition coefficient (Wildman–Crippen LogP) is 1.64. The van der Waals surface area contributed by atoms with Gasteiger partial charge in [-0.05, 0) is 19.4 Å². The van der Waals surface area contributed by atoms with Crippen LogP contribution in [0.4, 0.5) is 5.69 Å². The molecule has 0 aliphatic rings. The first-order chi connectivity index (χ1) is 8.10. The summed E-state index contributed by atoms with van der Waals surface area (Å²) in [6, 6.07) is 3.69. The Morgan fingerprint density at radius 1 is 1.71 bits per heavy atom. The number of carboxylic acids is 1. The molecule has 90 valence electrons. The van der Waals surface area contributed by atoms with Gasteiger partial charge in [0.1, 0.15) is 12.6 Å². The molecule has 0 aromatic carbocycles. The number of rotatable bonds is 5. The summed E-state index contributed by atoms with van der Waals surface area (Å²) in [5.41, 5.74) is 1.02. The average molecular weight is 233 g/mol. The van der Waals surface area contributed by atoms with Crippen molar-refractivity contribution in [1.29, 1.82) is 5.26 Å². The van der Waals surface area contributed by atoms with E-state index in [9.17, 15) is 4.79 Å². The molecule has 5 heteroatoms. The molecule has 0 radical (unpaired) electrons. The van der Waals surface area contributed by atoms with Crippen LogP contribution in [0.15, 0.2) is 18.5 Å². The Morgan fingerprint density at radius 2 is 2.41 bits per heavy atom. The summed E-state index contributed by atoms with van der Waals surface area (Å²) in [6.07, 6.45) is 3.86. The monoisotopic (exact) mass is 233 g/mol. The zero-order valence-electron chi connectivity index (χ0n) is 9.92. The van der Waals surface area contributed by atoms with E-state index in [1.165, 1.54) is 12.4 Å². The first-order valence-corrected chi connectivity index (χ1v) is 5.42. The number of anilines is 1. The van der Waals surface area contributed by atoms with Crippen LogP contribution in [0.5, 0.6) is 0 Å². The zero-order valence-corrected chi connectivity index (χ0v) is 9.92. The van der Waals surface area contributed by atoms with Crippen LogP contribution >= 0.6 is 0 Å². The molecule has 0 saturated heterocycles. The number of hydrogen-bond acceptors (Lipinski definition) is 4. The standard InChI is InChI=1S/C12H15N3O2/c1-3-9(2)15(8-12(16)17)11-7-14-5-4-10(11)6-13/h4-5,7,9H,3,8H2,1-2H3,(H,16,17). The van der Waals surface area contributed by atoms with Crippen molar-refractivity contribution in [2.75, 3.05) is 11.4 Å². The van der Waals surface area contributed by atoms with E-state index >= 15 is 0 Å². The Bertz CT molecular complexity index is 440. The number of nitriles is 1. The van der Waals surface area contributed by atoms with E-state index in [4.69, 9.17) is 10.4 Å². The lowest BCUT2D eigenvalue weighted by Crippen LogP contribution is -2.37. The quantitative estimate of drug-likeness (QED) is 0.836. The van der Waals surface area contributed by atoms with Gasteiger partial charge in [-0.3, -0.25) is 9.78 Å². The van der Waals surface area contributed by atoms with Gasteiger partial charge >= 0.3 is 5.97 Å². The number of pyridine rings is 1. The number of carbonyl (C=O) groups is 1. The lowest BCUT2D eigenvalue weighted by Gasteiger charge is -2.29. The fourth-order valence-electron chi connectivity index (χ4n) is 1.55. The molecule has 0 fully saturated rings. The number of carboxylic acid groups (broad SMARTS) is 1. The fraction of sp³-hybridized carbons (Fsp3) is 0.417. The molecular formula is C12H15N3O2. The van der Waals surface area contributed by atoms with Crippen LogP contribution in [-0.4, -0.2) is 28.6 Å². The molecule has 1 aromatic rings. The number of nitrogens with zero attached hydrogens (tertiary/aromatic N) is 3. The number of aromatic nitrogens is 1. The fourth-order valence-corrected chi connectivity index (χ4v) is 1.55. The molecule has 1 heterocycles. The van der Waals surface area contributed by atoms with Crippen LogP contribution in [-0.2, 0) is 4.79 Å².